The summed E-state index contributed by atoms with van der Waals surface area (Å²) in [5.74, 6) is -0.721. The first-order chi connectivity index (χ1) is 17.7. The second-order valence-corrected chi connectivity index (χ2v) is 11.0. The fourth-order valence-corrected chi connectivity index (χ4v) is 6.32. The number of amides is 3. The lowest BCUT2D eigenvalue weighted by molar-refractivity contribution is -0.129. The van der Waals surface area contributed by atoms with Gasteiger partial charge in [0.1, 0.15) is 6.04 Å². The second-order valence-electron chi connectivity index (χ2n) is 11.0. The Morgan fingerprint density at radius 1 is 0.784 bits per heavy atom. The van der Waals surface area contributed by atoms with Crippen LogP contribution in [-0.2, 0) is 10.3 Å². The van der Waals surface area contributed by atoms with Crippen LogP contribution in [0.1, 0.15) is 58.7 Å². The molecule has 3 aliphatic heterocycles. The summed E-state index contributed by atoms with van der Waals surface area (Å²) in [6.45, 7) is 5.76. The molecule has 182 valence electrons. The number of benzene rings is 4. The summed E-state index contributed by atoms with van der Waals surface area (Å²) < 4.78 is 0. The third kappa shape index (κ3) is 2.67. The zero-order chi connectivity index (χ0) is 25.7. The Kier molecular flexibility index (Phi) is 4.16. The molecule has 3 heterocycles. The van der Waals surface area contributed by atoms with E-state index in [2.05, 4.69) is 5.32 Å². The SMILES string of the molecule is CC(C)(C)NC(=O)C12c3ccccc3C(=O)N1c1cc3ccccc3cc1N1C(=O)c3ccccc3C12. The largest absolute Gasteiger partial charge is 0.349 e. The maximum absolute atomic E-state index is 14.6. The van der Waals surface area contributed by atoms with E-state index >= 15 is 0 Å². The van der Waals surface area contributed by atoms with Gasteiger partial charge in [-0.2, -0.15) is 0 Å². The van der Waals surface area contributed by atoms with Gasteiger partial charge in [0.15, 0.2) is 5.54 Å². The first-order valence-electron chi connectivity index (χ1n) is 12.5. The summed E-state index contributed by atoms with van der Waals surface area (Å²) in [4.78, 5) is 46.3. The minimum Gasteiger partial charge on any atom is -0.349 e. The summed E-state index contributed by atoms with van der Waals surface area (Å²) in [6.07, 6.45) is 0. The van der Waals surface area contributed by atoms with Crippen molar-refractivity contribution in [1.29, 1.82) is 0 Å². The lowest BCUT2D eigenvalue weighted by Gasteiger charge is -2.51. The monoisotopic (exact) mass is 487 g/mol. The van der Waals surface area contributed by atoms with Crippen molar-refractivity contribution in [2.45, 2.75) is 37.9 Å². The molecule has 6 heteroatoms. The molecule has 0 fully saturated rings. The van der Waals surface area contributed by atoms with Gasteiger partial charge in [0, 0.05) is 22.2 Å². The quantitative estimate of drug-likeness (QED) is 0.395. The van der Waals surface area contributed by atoms with Gasteiger partial charge in [0.2, 0.25) is 0 Å². The molecule has 0 saturated carbocycles. The number of anilines is 2. The molecule has 37 heavy (non-hydrogen) atoms. The van der Waals surface area contributed by atoms with Crippen LogP contribution in [0.4, 0.5) is 11.4 Å². The van der Waals surface area contributed by atoms with Gasteiger partial charge in [-0.15, -0.1) is 0 Å². The van der Waals surface area contributed by atoms with Gasteiger partial charge in [0.25, 0.3) is 17.7 Å². The summed E-state index contributed by atoms with van der Waals surface area (Å²) in [5, 5.41) is 5.05. The Labute approximate surface area is 214 Å². The Morgan fingerprint density at radius 2 is 1.38 bits per heavy atom. The van der Waals surface area contributed by atoms with Crippen molar-refractivity contribution < 1.29 is 14.4 Å². The Bertz CT molecular complexity index is 1680. The Hall–Kier alpha value is -4.45. The maximum Gasteiger partial charge on any atom is 0.260 e. The Balaban J connectivity index is 1.65. The Morgan fingerprint density at radius 3 is 2.08 bits per heavy atom. The molecule has 3 aliphatic rings. The van der Waals surface area contributed by atoms with E-state index in [1.165, 1.54) is 0 Å². The minimum atomic E-state index is -1.47. The standard InChI is InChI=1S/C31H25N3O3/c1-30(2,3)32-29(37)31-23-15-9-8-14-22(23)28(36)34(31)25-17-19-11-5-4-10-18(19)16-24(25)33-26(31)20-12-6-7-13-21(20)27(33)35/h4-17,26H,1-3H3,(H,32,37). The molecule has 0 bridgehead atoms. The lowest BCUT2D eigenvalue weighted by Crippen LogP contribution is -2.65. The molecule has 0 aliphatic carbocycles. The molecule has 2 atom stereocenters. The zero-order valence-corrected chi connectivity index (χ0v) is 20.8. The lowest BCUT2D eigenvalue weighted by atomic mass is 9.76. The highest BCUT2D eigenvalue weighted by molar-refractivity contribution is 6.25. The van der Waals surface area contributed by atoms with Crippen LogP contribution in [0.2, 0.25) is 0 Å². The van der Waals surface area contributed by atoms with Crippen LogP contribution in [-0.4, -0.2) is 23.3 Å². The third-order valence-corrected chi connectivity index (χ3v) is 7.66. The van der Waals surface area contributed by atoms with Crippen LogP contribution >= 0.6 is 0 Å². The maximum atomic E-state index is 14.6. The molecule has 0 radical (unpaired) electrons. The smallest absolute Gasteiger partial charge is 0.260 e. The molecule has 0 saturated heterocycles. The average molecular weight is 488 g/mol. The van der Waals surface area contributed by atoms with Gasteiger partial charge >= 0.3 is 0 Å². The molecular formula is C31H25N3O3. The number of hydrogen-bond acceptors (Lipinski definition) is 3. The van der Waals surface area contributed by atoms with Crippen molar-refractivity contribution in [3.05, 3.63) is 107 Å². The van der Waals surface area contributed by atoms with E-state index in [4.69, 9.17) is 0 Å². The number of carbonyl (C=O) groups is 3. The molecule has 2 unspecified atom stereocenters. The normalized spacial score (nSPS) is 21.3. The van der Waals surface area contributed by atoms with Gasteiger partial charge < -0.3 is 5.32 Å². The van der Waals surface area contributed by atoms with Gasteiger partial charge in [-0.25, -0.2) is 0 Å². The summed E-state index contributed by atoms with van der Waals surface area (Å²) in [6, 6.07) is 25.8. The zero-order valence-electron chi connectivity index (χ0n) is 20.8. The molecule has 0 spiro atoms. The van der Waals surface area contributed by atoms with Gasteiger partial charge in [0.05, 0.1) is 11.4 Å². The van der Waals surface area contributed by atoms with Crippen molar-refractivity contribution in [3.8, 4) is 0 Å². The van der Waals surface area contributed by atoms with Crippen LogP contribution in [0.3, 0.4) is 0 Å². The molecule has 1 N–H and O–H groups in total. The van der Waals surface area contributed by atoms with Crippen molar-refractivity contribution in [3.63, 3.8) is 0 Å². The van der Waals surface area contributed by atoms with E-state index in [0.29, 0.717) is 28.1 Å². The molecule has 7 rings (SSSR count). The topological polar surface area (TPSA) is 69.7 Å². The van der Waals surface area contributed by atoms with E-state index in [0.717, 1.165) is 16.3 Å². The minimum absolute atomic E-state index is 0.170. The molecule has 4 aromatic carbocycles. The second kappa shape index (κ2) is 7.07. The summed E-state index contributed by atoms with van der Waals surface area (Å²) >= 11 is 0. The number of nitrogens with zero attached hydrogens (tertiary/aromatic N) is 2. The van der Waals surface area contributed by atoms with Crippen LogP contribution in [0.5, 0.6) is 0 Å². The number of carbonyl (C=O) groups excluding carboxylic acids is 3. The number of rotatable bonds is 1. The highest BCUT2D eigenvalue weighted by Crippen LogP contribution is 2.61. The van der Waals surface area contributed by atoms with Crippen molar-refractivity contribution in [2.75, 3.05) is 9.80 Å². The molecule has 3 amide bonds. The number of hydrogen-bond donors (Lipinski definition) is 1. The van der Waals surface area contributed by atoms with Crippen LogP contribution in [0, 0.1) is 0 Å². The molecule has 0 aromatic heterocycles. The highest BCUT2D eigenvalue weighted by atomic mass is 16.2. The van der Waals surface area contributed by atoms with Crippen molar-refractivity contribution >= 4 is 39.9 Å². The van der Waals surface area contributed by atoms with Crippen LogP contribution < -0.4 is 15.1 Å². The van der Waals surface area contributed by atoms with E-state index in [-0.39, 0.29) is 17.7 Å². The van der Waals surface area contributed by atoms with Crippen molar-refractivity contribution in [2.24, 2.45) is 0 Å². The average Bonchev–Trinajstić information content (AvgIpc) is 3.33. The highest BCUT2D eigenvalue weighted by Gasteiger charge is 2.68. The number of fused-ring (bicyclic) bond motifs is 11. The van der Waals surface area contributed by atoms with Crippen molar-refractivity contribution in [1.82, 2.24) is 5.32 Å². The first kappa shape index (κ1) is 21.8. The van der Waals surface area contributed by atoms with E-state index in [9.17, 15) is 14.4 Å². The van der Waals surface area contributed by atoms with E-state index < -0.39 is 17.1 Å². The fourth-order valence-electron chi connectivity index (χ4n) is 6.32. The van der Waals surface area contributed by atoms with E-state index in [1.807, 2.05) is 93.6 Å². The molecule has 6 nitrogen and oxygen atoms in total. The fraction of sp³-hybridized carbons (Fsp3) is 0.194. The van der Waals surface area contributed by atoms with E-state index in [1.54, 1.807) is 21.9 Å². The molecular weight excluding hydrogens is 462 g/mol. The van der Waals surface area contributed by atoms with Gasteiger partial charge in [-0.05, 0) is 61.4 Å². The predicted molar refractivity (Wildman–Crippen MR) is 143 cm³/mol. The summed E-state index contributed by atoms with van der Waals surface area (Å²) in [7, 11) is 0. The van der Waals surface area contributed by atoms with Crippen LogP contribution in [0.25, 0.3) is 10.8 Å². The number of nitrogens with one attached hydrogen (secondary N) is 1. The molecule has 4 aromatic rings. The van der Waals surface area contributed by atoms with Gasteiger partial charge in [-0.3, -0.25) is 24.2 Å². The summed E-state index contributed by atoms with van der Waals surface area (Å²) in [5.41, 5.74) is 1.53. The van der Waals surface area contributed by atoms with Gasteiger partial charge in [-0.1, -0.05) is 60.7 Å². The van der Waals surface area contributed by atoms with Crippen LogP contribution in [0.15, 0.2) is 84.9 Å². The first-order valence-corrected chi connectivity index (χ1v) is 12.5. The predicted octanol–water partition coefficient (Wildman–Crippen LogP) is 5.33. The third-order valence-electron chi connectivity index (χ3n) is 7.66.